The van der Waals surface area contributed by atoms with Crippen LogP contribution in [0, 0.1) is 5.82 Å². The van der Waals surface area contributed by atoms with Crippen LogP contribution in [0.1, 0.15) is 12.5 Å². The van der Waals surface area contributed by atoms with Gasteiger partial charge in [0, 0.05) is 11.6 Å². The van der Waals surface area contributed by atoms with E-state index in [2.05, 4.69) is 9.72 Å². The Balaban J connectivity index is 2.79. The predicted octanol–water partition coefficient (Wildman–Crippen LogP) is 1.38. The lowest BCUT2D eigenvalue weighted by Gasteiger charge is -1.99. The van der Waals surface area contributed by atoms with Crippen molar-refractivity contribution in [1.82, 2.24) is 4.98 Å². The molecule has 0 saturated carbocycles. The van der Waals surface area contributed by atoms with Gasteiger partial charge in [0.15, 0.2) is 0 Å². The minimum Gasteiger partial charge on any atom is -0.463 e. The number of pyridine rings is 1. The van der Waals surface area contributed by atoms with Crippen molar-refractivity contribution in [2.45, 2.75) is 6.92 Å². The predicted molar refractivity (Wildman–Crippen MR) is 54.3 cm³/mol. The molecule has 1 aromatic heterocycles. The molecular weight excluding hydrogens is 199 g/mol. The van der Waals surface area contributed by atoms with E-state index in [9.17, 15) is 9.18 Å². The molecule has 0 bridgehead atoms. The molecule has 4 nitrogen and oxygen atoms in total. The minimum atomic E-state index is -0.507. The van der Waals surface area contributed by atoms with Crippen LogP contribution in [-0.2, 0) is 9.53 Å². The van der Waals surface area contributed by atoms with Gasteiger partial charge in [-0.3, -0.25) is 0 Å². The third kappa shape index (κ3) is 3.38. The summed E-state index contributed by atoms with van der Waals surface area (Å²) in [5, 5.41) is 0. The Bertz CT molecular complexity index is 391. The van der Waals surface area contributed by atoms with E-state index in [1.165, 1.54) is 18.2 Å². The van der Waals surface area contributed by atoms with Gasteiger partial charge in [0.05, 0.1) is 12.8 Å². The van der Waals surface area contributed by atoms with Gasteiger partial charge in [-0.05, 0) is 19.1 Å². The number of anilines is 1. The van der Waals surface area contributed by atoms with Crippen molar-refractivity contribution >= 4 is 17.9 Å². The summed E-state index contributed by atoms with van der Waals surface area (Å²) in [5.74, 6) is -0.842. The summed E-state index contributed by atoms with van der Waals surface area (Å²) in [4.78, 5) is 14.6. The van der Waals surface area contributed by atoms with Crippen molar-refractivity contribution in [3.05, 3.63) is 29.7 Å². The molecule has 5 heteroatoms. The van der Waals surface area contributed by atoms with E-state index in [0.29, 0.717) is 12.2 Å². The molecule has 0 saturated heterocycles. The lowest BCUT2D eigenvalue weighted by atomic mass is 10.2. The Hall–Kier alpha value is -1.91. The second-order valence-corrected chi connectivity index (χ2v) is 2.71. The fourth-order valence-corrected chi connectivity index (χ4v) is 0.947. The van der Waals surface area contributed by atoms with Crippen molar-refractivity contribution in [3.63, 3.8) is 0 Å². The van der Waals surface area contributed by atoms with E-state index in [4.69, 9.17) is 5.73 Å². The molecule has 15 heavy (non-hydrogen) atoms. The molecule has 1 heterocycles. The Morgan fingerprint density at radius 1 is 1.73 bits per heavy atom. The van der Waals surface area contributed by atoms with Crippen LogP contribution in [0.5, 0.6) is 0 Å². The molecule has 0 aliphatic heterocycles. The van der Waals surface area contributed by atoms with Crippen molar-refractivity contribution in [2.75, 3.05) is 12.3 Å². The van der Waals surface area contributed by atoms with Crippen LogP contribution in [0.15, 0.2) is 18.3 Å². The highest BCUT2D eigenvalue weighted by Gasteiger charge is 2.00. The van der Waals surface area contributed by atoms with Gasteiger partial charge in [0.25, 0.3) is 0 Å². The van der Waals surface area contributed by atoms with E-state index in [1.807, 2.05) is 0 Å². The van der Waals surface area contributed by atoms with Crippen LogP contribution in [-0.4, -0.2) is 17.6 Å². The molecule has 0 fully saturated rings. The normalized spacial score (nSPS) is 10.5. The van der Waals surface area contributed by atoms with Crippen LogP contribution in [0.3, 0.4) is 0 Å². The maximum absolute atomic E-state index is 12.8. The summed E-state index contributed by atoms with van der Waals surface area (Å²) in [7, 11) is 0. The summed E-state index contributed by atoms with van der Waals surface area (Å²) in [6, 6.07) is 1.19. The zero-order valence-corrected chi connectivity index (χ0v) is 8.24. The highest BCUT2D eigenvalue weighted by molar-refractivity contribution is 5.87. The molecule has 0 amide bonds. The fourth-order valence-electron chi connectivity index (χ4n) is 0.947. The summed E-state index contributed by atoms with van der Waals surface area (Å²) in [5.41, 5.74) is 5.82. The number of esters is 1. The number of hydrogen-bond donors (Lipinski definition) is 1. The van der Waals surface area contributed by atoms with Crippen molar-refractivity contribution in [3.8, 4) is 0 Å². The number of nitrogens with two attached hydrogens (primary N) is 1. The average molecular weight is 210 g/mol. The van der Waals surface area contributed by atoms with Crippen LogP contribution in [0.25, 0.3) is 6.08 Å². The second kappa shape index (κ2) is 5.09. The molecule has 0 aromatic carbocycles. The lowest BCUT2D eigenvalue weighted by Crippen LogP contribution is -1.99. The SMILES string of the molecule is CCOC(=O)/C=C/c1cc(F)cnc1N. The number of hydrogen-bond acceptors (Lipinski definition) is 4. The molecule has 80 valence electrons. The molecule has 1 rings (SSSR count). The van der Waals surface area contributed by atoms with Gasteiger partial charge in [-0.2, -0.15) is 0 Å². The van der Waals surface area contributed by atoms with Crippen LogP contribution < -0.4 is 5.73 Å². The monoisotopic (exact) mass is 210 g/mol. The molecule has 0 aliphatic rings. The third-order valence-corrected chi connectivity index (χ3v) is 1.60. The first kappa shape index (κ1) is 11.2. The first-order chi connectivity index (χ1) is 7.13. The number of aromatic nitrogens is 1. The van der Waals surface area contributed by atoms with E-state index in [1.54, 1.807) is 6.92 Å². The zero-order valence-electron chi connectivity index (χ0n) is 8.24. The van der Waals surface area contributed by atoms with E-state index >= 15 is 0 Å². The number of halogens is 1. The van der Waals surface area contributed by atoms with Crippen LogP contribution >= 0.6 is 0 Å². The van der Waals surface area contributed by atoms with Gasteiger partial charge in [0.2, 0.25) is 0 Å². The summed E-state index contributed by atoms with van der Waals surface area (Å²) in [6.45, 7) is 1.99. The second-order valence-electron chi connectivity index (χ2n) is 2.71. The smallest absolute Gasteiger partial charge is 0.330 e. The Labute approximate surface area is 86.6 Å². The summed E-state index contributed by atoms with van der Waals surface area (Å²) in [6.07, 6.45) is 3.55. The fraction of sp³-hybridized carbons (Fsp3) is 0.200. The summed E-state index contributed by atoms with van der Waals surface area (Å²) >= 11 is 0. The number of ether oxygens (including phenoxy) is 1. The molecule has 2 N–H and O–H groups in total. The standard InChI is InChI=1S/C10H11FN2O2/c1-2-15-9(14)4-3-7-5-8(11)6-13-10(7)12/h3-6H,2H2,1H3,(H2,12,13)/b4-3+. The molecule has 0 spiro atoms. The number of nitrogen functional groups attached to an aromatic ring is 1. The Kier molecular flexibility index (Phi) is 3.79. The quantitative estimate of drug-likeness (QED) is 0.604. The molecule has 0 aliphatic carbocycles. The number of nitrogens with zero attached hydrogens (tertiary/aromatic N) is 1. The highest BCUT2D eigenvalue weighted by Crippen LogP contribution is 2.11. The molecule has 1 aromatic rings. The van der Waals surface area contributed by atoms with Gasteiger partial charge < -0.3 is 10.5 Å². The molecule has 0 radical (unpaired) electrons. The number of rotatable bonds is 3. The van der Waals surface area contributed by atoms with Gasteiger partial charge in [0.1, 0.15) is 11.6 Å². The first-order valence-electron chi connectivity index (χ1n) is 4.39. The molecule has 0 atom stereocenters. The van der Waals surface area contributed by atoms with Gasteiger partial charge in [-0.15, -0.1) is 0 Å². The van der Waals surface area contributed by atoms with Crippen molar-refractivity contribution in [1.29, 1.82) is 0 Å². The topological polar surface area (TPSA) is 65.2 Å². The van der Waals surface area contributed by atoms with E-state index < -0.39 is 11.8 Å². The van der Waals surface area contributed by atoms with Crippen molar-refractivity contribution < 1.29 is 13.9 Å². The molecular formula is C10H11FN2O2. The van der Waals surface area contributed by atoms with Gasteiger partial charge >= 0.3 is 5.97 Å². The number of carbonyl (C=O) groups is 1. The maximum atomic E-state index is 12.8. The average Bonchev–Trinajstić information content (AvgIpc) is 2.20. The van der Waals surface area contributed by atoms with Crippen LogP contribution in [0.4, 0.5) is 10.2 Å². The maximum Gasteiger partial charge on any atom is 0.330 e. The third-order valence-electron chi connectivity index (χ3n) is 1.60. The zero-order chi connectivity index (χ0) is 11.3. The van der Waals surface area contributed by atoms with Crippen LogP contribution in [0.2, 0.25) is 0 Å². The molecule has 0 unspecified atom stereocenters. The van der Waals surface area contributed by atoms with Gasteiger partial charge in [-0.25, -0.2) is 14.2 Å². The first-order valence-corrected chi connectivity index (χ1v) is 4.39. The van der Waals surface area contributed by atoms with Gasteiger partial charge in [-0.1, -0.05) is 0 Å². The largest absolute Gasteiger partial charge is 0.463 e. The van der Waals surface area contributed by atoms with E-state index in [0.717, 1.165) is 6.20 Å². The highest BCUT2D eigenvalue weighted by atomic mass is 19.1. The summed E-state index contributed by atoms with van der Waals surface area (Å²) < 4.78 is 17.4. The minimum absolute atomic E-state index is 0.164. The Morgan fingerprint density at radius 2 is 2.47 bits per heavy atom. The lowest BCUT2D eigenvalue weighted by molar-refractivity contribution is -0.137. The Morgan fingerprint density at radius 3 is 3.13 bits per heavy atom. The number of carbonyl (C=O) groups excluding carboxylic acids is 1. The van der Waals surface area contributed by atoms with Crippen molar-refractivity contribution in [2.24, 2.45) is 0 Å². The van der Waals surface area contributed by atoms with E-state index in [-0.39, 0.29) is 5.82 Å².